The number of anilines is 1. The van der Waals surface area contributed by atoms with Crippen LogP contribution in [-0.4, -0.2) is 35.6 Å². The zero-order valence-electron chi connectivity index (χ0n) is 15.5. The molecule has 1 aliphatic rings. The van der Waals surface area contributed by atoms with Gasteiger partial charge in [0.1, 0.15) is 0 Å². The fourth-order valence-corrected chi connectivity index (χ4v) is 3.43. The average molecular weight is 326 g/mol. The molecule has 0 spiro atoms. The summed E-state index contributed by atoms with van der Waals surface area (Å²) in [7, 11) is 0. The summed E-state index contributed by atoms with van der Waals surface area (Å²) in [6.07, 6.45) is 3.61. The van der Waals surface area contributed by atoms with Crippen LogP contribution in [0.4, 0.5) is 5.95 Å². The van der Waals surface area contributed by atoms with E-state index in [1.807, 2.05) is 0 Å². The summed E-state index contributed by atoms with van der Waals surface area (Å²) in [5, 5.41) is 4.88. The summed E-state index contributed by atoms with van der Waals surface area (Å²) >= 11 is 0. The van der Waals surface area contributed by atoms with Crippen molar-refractivity contribution in [2.75, 3.05) is 24.5 Å². The van der Waals surface area contributed by atoms with E-state index in [4.69, 9.17) is 9.97 Å². The SMILES string of the molecule is Cc1ccc2c(C)nc(N3CCCC(NCC(C)C)CC3)nc2c1. The Morgan fingerprint density at radius 1 is 1.17 bits per heavy atom. The van der Waals surface area contributed by atoms with Crippen LogP contribution in [0.2, 0.25) is 0 Å². The number of rotatable bonds is 4. The summed E-state index contributed by atoms with van der Waals surface area (Å²) in [5.74, 6) is 1.61. The first-order valence-corrected chi connectivity index (χ1v) is 9.26. The van der Waals surface area contributed by atoms with Crippen molar-refractivity contribution in [2.24, 2.45) is 5.92 Å². The second kappa shape index (κ2) is 7.47. The van der Waals surface area contributed by atoms with Crippen molar-refractivity contribution >= 4 is 16.9 Å². The highest BCUT2D eigenvalue weighted by Gasteiger charge is 2.19. The van der Waals surface area contributed by atoms with Crippen LogP contribution in [-0.2, 0) is 0 Å². The van der Waals surface area contributed by atoms with E-state index in [-0.39, 0.29) is 0 Å². The van der Waals surface area contributed by atoms with E-state index in [9.17, 15) is 0 Å². The van der Waals surface area contributed by atoms with Crippen molar-refractivity contribution in [1.82, 2.24) is 15.3 Å². The first kappa shape index (κ1) is 17.2. The van der Waals surface area contributed by atoms with Gasteiger partial charge in [0.25, 0.3) is 0 Å². The lowest BCUT2D eigenvalue weighted by atomic mass is 10.1. The number of hydrogen-bond donors (Lipinski definition) is 1. The number of aryl methyl sites for hydroxylation is 2. The highest BCUT2D eigenvalue weighted by atomic mass is 15.3. The van der Waals surface area contributed by atoms with Gasteiger partial charge in [-0.05, 0) is 57.2 Å². The van der Waals surface area contributed by atoms with Gasteiger partial charge in [-0.25, -0.2) is 9.97 Å². The molecular formula is C20H30N4. The lowest BCUT2D eigenvalue weighted by Crippen LogP contribution is -2.33. The maximum atomic E-state index is 4.86. The molecule has 0 amide bonds. The van der Waals surface area contributed by atoms with Crippen LogP contribution in [0, 0.1) is 19.8 Å². The van der Waals surface area contributed by atoms with Crippen LogP contribution < -0.4 is 10.2 Å². The van der Waals surface area contributed by atoms with Gasteiger partial charge in [0.05, 0.1) is 11.2 Å². The maximum Gasteiger partial charge on any atom is 0.226 e. The Bertz CT molecular complexity index is 695. The minimum Gasteiger partial charge on any atom is -0.341 e. The van der Waals surface area contributed by atoms with Crippen LogP contribution in [0.1, 0.15) is 44.4 Å². The molecule has 1 fully saturated rings. The molecule has 1 aromatic heterocycles. The Morgan fingerprint density at radius 2 is 2.00 bits per heavy atom. The van der Waals surface area contributed by atoms with Gasteiger partial charge < -0.3 is 10.2 Å². The van der Waals surface area contributed by atoms with E-state index in [0.29, 0.717) is 12.0 Å². The number of nitrogens with one attached hydrogen (secondary N) is 1. The minimum absolute atomic E-state index is 0.626. The van der Waals surface area contributed by atoms with E-state index in [1.54, 1.807) is 0 Å². The van der Waals surface area contributed by atoms with Crippen LogP contribution in [0.5, 0.6) is 0 Å². The summed E-state index contributed by atoms with van der Waals surface area (Å²) in [6.45, 7) is 11.9. The molecule has 1 atom stereocenters. The molecule has 130 valence electrons. The van der Waals surface area contributed by atoms with Crippen molar-refractivity contribution in [3.8, 4) is 0 Å². The molecule has 1 N–H and O–H groups in total. The third-order valence-electron chi connectivity index (χ3n) is 4.86. The van der Waals surface area contributed by atoms with Gasteiger partial charge in [-0.3, -0.25) is 0 Å². The number of nitrogens with zero attached hydrogens (tertiary/aromatic N) is 3. The Hall–Kier alpha value is -1.68. The molecule has 0 saturated carbocycles. The smallest absolute Gasteiger partial charge is 0.226 e. The van der Waals surface area contributed by atoms with Crippen LogP contribution in [0.25, 0.3) is 10.9 Å². The van der Waals surface area contributed by atoms with Gasteiger partial charge in [-0.15, -0.1) is 0 Å². The largest absolute Gasteiger partial charge is 0.341 e. The molecule has 3 rings (SSSR count). The molecule has 0 radical (unpaired) electrons. The Morgan fingerprint density at radius 3 is 2.79 bits per heavy atom. The molecule has 4 heteroatoms. The van der Waals surface area contributed by atoms with Crippen molar-refractivity contribution in [3.63, 3.8) is 0 Å². The van der Waals surface area contributed by atoms with Crippen LogP contribution in [0.15, 0.2) is 18.2 Å². The highest BCUT2D eigenvalue weighted by Crippen LogP contribution is 2.22. The fourth-order valence-electron chi connectivity index (χ4n) is 3.43. The highest BCUT2D eigenvalue weighted by molar-refractivity contribution is 5.82. The molecular weight excluding hydrogens is 296 g/mol. The molecule has 0 aliphatic carbocycles. The zero-order valence-corrected chi connectivity index (χ0v) is 15.5. The molecule has 1 aliphatic heterocycles. The van der Waals surface area contributed by atoms with Gasteiger partial charge in [0.15, 0.2) is 0 Å². The van der Waals surface area contributed by atoms with Gasteiger partial charge in [-0.2, -0.15) is 0 Å². The minimum atomic E-state index is 0.626. The number of hydrogen-bond acceptors (Lipinski definition) is 4. The van der Waals surface area contributed by atoms with E-state index in [0.717, 1.165) is 42.2 Å². The molecule has 4 nitrogen and oxygen atoms in total. The topological polar surface area (TPSA) is 41.1 Å². The zero-order chi connectivity index (χ0) is 17.1. The van der Waals surface area contributed by atoms with Gasteiger partial charge in [0, 0.05) is 24.5 Å². The predicted molar refractivity (Wildman–Crippen MR) is 102 cm³/mol. The predicted octanol–water partition coefficient (Wildman–Crippen LogP) is 3.85. The van der Waals surface area contributed by atoms with Crippen LogP contribution >= 0.6 is 0 Å². The van der Waals surface area contributed by atoms with Crippen molar-refractivity contribution < 1.29 is 0 Å². The normalized spacial score (nSPS) is 19.0. The quantitative estimate of drug-likeness (QED) is 0.926. The number of fused-ring (bicyclic) bond motifs is 1. The standard InChI is InChI=1S/C20H30N4/c1-14(2)13-21-17-6-5-10-24(11-9-17)20-22-16(4)18-8-7-15(3)12-19(18)23-20/h7-8,12,14,17,21H,5-6,9-11,13H2,1-4H3. The van der Waals surface area contributed by atoms with E-state index in [2.05, 4.69) is 56.1 Å². The summed E-state index contributed by atoms with van der Waals surface area (Å²) in [6, 6.07) is 7.06. The number of aromatic nitrogens is 2. The monoisotopic (exact) mass is 326 g/mol. The molecule has 2 aromatic rings. The fraction of sp³-hybridized carbons (Fsp3) is 0.600. The third-order valence-corrected chi connectivity index (χ3v) is 4.86. The van der Waals surface area contributed by atoms with Crippen molar-refractivity contribution in [2.45, 2.75) is 53.0 Å². The van der Waals surface area contributed by atoms with E-state index >= 15 is 0 Å². The molecule has 1 aromatic carbocycles. The Kier molecular flexibility index (Phi) is 5.34. The summed E-state index contributed by atoms with van der Waals surface area (Å²) in [4.78, 5) is 12.0. The Labute approximate surface area is 145 Å². The average Bonchev–Trinajstić information content (AvgIpc) is 2.78. The van der Waals surface area contributed by atoms with Gasteiger partial charge >= 0.3 is 0 Å². The third kappa shape index (κ3) is 4.04. The Balaban J connectivity index is 1.75. The second-order valence-electron chi connectivity index (χ2n) is 7.55. The molecule has 1 unspecified atom stereocenters. The van der Waals surface area contributed by atoms with Crippen molar-refractivity contribution in [1.29, 1.82) is 0 Å². The first-order valence-electron chi connectivity index (χ1n) is 9.26. The first-order chi connectivity index (χ1) is 11.5. The van der Waals surface area contributed by atoms with E-state index < -0.39 is 0 Å². The second-order valence-corrected chi connectivity index (χ2v) is 7.55. The summed E-state index contributed by atoms with van der Waals surface area (Å²) in [5.41, 5.74) is 3.39. The molecule has 2 heterocycles. The van der Waals surface area contributed by atoms with Gasteiger partial charge in [-0.1, -0.05) is 26.0 Å². The number of benzene rings is 1. The molecule has 24 heavy (non-hydrogen) atoms. The lowest BCUT2D eigenvalue weighted by molar-refractivity contribution is 0.433. The molecule has 0 bridgehead atoms. The van der Waals surface area contributed by atoms with E-state index in [1.165, 1.54) is 24.8 Å². The summed E-state index contributed by atoms with van der Waals surface area (Å²) < 4.78 is 0. The van der Waals surface area contributed by atoms with Gasteiger partial charge in [0.2, 0.25) is 5.95 Å². The lowest BCUT2D eigenvalue weighted by Gasteiger charge is -2.22. The van der Waals surface area contributed by atoms with Crippen molar-refractivity contribution in [3.05, 3.63) is 29.5 Å². The maximum absolute atomic E-state index is 4.86. The molecule has 1 saturated heterocycles. The van der Waals surface area contributed by atoms with Crippen LogP contribution in [0.3, 0.4) is 0 Å².